The molecule has 70 valence electrons. The molecule has 0 spiro atoms. The smallest absolute Gasteiger partial charge is 0.165 e. The first-order chi connectivity index (χ1) is 6.00. The molecule has 1 nitrogen and oxygen atoms in total. The first-order valence-corrected chi connectivity index (χ1v) is 4.39. The average molecular weight is 201 g/mol. The summed E-state index contributed by atoms with van der Waals surface area (Å²) in [7, 11) is 0. The van der Waals surface area contributed by atoms with Gasteiger partial charge in [0.05, 0.1) is 0 Å². The zero-order valence-corrected chi connectivity index (χ0v) is 8.23. The van der Waals surface area contributed by atoms with Crippen molar-refractivity contribution in [1.82, 2.24) is 0 Å². The van der Waals surface area contributed by atoms with Crippen molar-refractivity contribution in [1.29, 1.82) is 0 Å². The van der Waals surface area contributed by atoms with Crippen LogP contribution in [0, 0.1) is 11.7 Å². The van der Waals surface area contributed by atoms with E-state index >= 15 is 0 Å². The lowest BCUT2D eigenvalue weighted by Gasteiger charge is -2.04. The molecule has 0 heterocycles. The molecule has 0 radical (unpaired) electrons. The number of Topliss-reactive ketones (excluding diaryl/α,β-unsaturated/α-hetero) is 1. The number of halogens is 2. The fraction of sp³-hybridized carbons (Fsp3) is 0.300. The van der Waals surface area contributed by atoms with Crippen LogP contribution >= 0.6 is 11.6 Å². The molecule has 0 aliphatic rings. The molecule has 0 N–H and O–H groups in total. The van der Waals surface area contributed by atoms with E-state index in [0.717, 1.165) is 0 Å². The van der Waals surface area contributed by atoms with Crippen molar-refractivity contribution >= 4 is 17.4 Å². The Kier molecular flexibility index (Phi) is 3.04. The summed E-state index contributed by atoms with van der Waals surface area (Å²) in [6, 6.07) is 3.86. The van der Waals surface area contributed by atoms with Crippen LogP contribution in [0.1, 0.15) is 24.2 Å². The third-order valence-electron chi connectivity index (χ3n) is 1.67. The summed E-state index contributed by atoms with van der Waals surface area (Å²) in [5.74, 6) is -0.712. The third kappa shape index (κ3) is 2.52. The minimum Gasteiger partial charge on any atom is -0.294 e. The first kappa shape index (κ1) is 10.2. The molecular formula is C10H10ClFO. The van der Waals surface area contributed by atoms with Crippen LogP contribution in [0.15, 0.2) is 18.2 Å². The van der Waals surface area contributed by atoms with Crippen LogP contribution in [0.25, 0.3) is 0 Å². The number of carbonyl (C=O) groups is 1. The van der Waals surface area contributed by atoms with E-state index in [0.29, 0.717) is 5.56 Å². The van der Waals surface area contributed by atoms with Crippen LogP contribution in [0.3, 0.4) is 0 Å². The minimum absolute atomic E-state index is 0.0959. The van der Waals surface area contributed by atoms with Gasteiger partial charge >= 0.3 is 0 Å². The van der Waals surface area contributed by atoms with Gasteiger partial charge in [0.15, 0.2) is 5.78 Å². The zero-order chi connectivity index (χ0) is 10.0. The van der Waals surface area contributed by atoms with E-state index in [2.05, 4.69) is 0 Å². The van der Waals surface area contributed by atoms with Crippen molar-refractivity contribution in [2.24, 2.45) is 5.92 Å². The number of hydrogen-bond donors (Lipinski definition) is 0. The van der Waals surface area contributed by atoms with Crippen LogP contribution in [0.4, 0.5) is 4.39 Å². The van der Waals surface area contributed by atoms with Crippen molar-refractivity contribution in [3.63, 3.8) is 0 Å². The maximum absolute atomic E-state index is 12.8. The van der Waals surface area contributed by atoms with Crippen molar-refractivity contribution in [3.05, 3.63) is 34.6 Å². The highest BCUT2D eigenvalue weighted by Crippen LogP contribution is 2.16. The van der Waals surface area contributed by atoms with E-state index in [1.165, 1.54) is 18.2 Å². The molecule has 0 amide bonds. The van der Waals surface area contributed by atoms with Crippen LogP contribution in [0.2, 0.25) is 5.02 Å². The molecular weight excluding hydrogens is 191 g/mol. The molecule has 0 unspecified atom stereocenters. The Morgan fingerprint density at radius 2 is 2.00 bits per heavy atom. The van der Waals surface area contributed by atoms with Crippen LogP contribution in [-0.2, 0) is 0 Å². The second kappa shape index (κ2) is 3.88. The molecule has 0 saturated heterocycles. The number of benzene rings is 1. The van der Waals surface area contributed by atoms with E-state index in [4.69, 9.17) is 11.6 Å². The van der Waals surface area contributed by atoms with Crippen LogP contribution in [-0.4, -0.2) is 5.78 Å². The predicted molar refractivity (Wildman–Crippen MR) is 50.6 cm³/mol. The summed E-state index contributed by atoms with van der Waals surface area (Å²) in [6.07, 6.45) is 0. The van der Waals surface area contributed by atoms with Gasteiger partial charge in [0.25, 0.3) is 0 Å². The van der Waals surface area contributed by atoms with Gasteiger partial charge in [-0.25, -0.2) is 4.39 Å². The Hall–Kier alpha value is -0.890. The quantitative estimate of drug-likeness (QED) is 0.670. The Morgan fingerprint density at radius 3 is 2.46 bits per heavy atom. The Morgan fingerprint density at radius 1 is 1.38 bits per heavy atom. The number of carbonyl (C=O) groups excluding carboxylic acids is 1. The maximum Gasteiger partial charge on any atom is 0.165 e. The summed E-state index contributed by atoms with van der Waals surface area (Å²) >= 11 is 5.61. The number of rotatable bonds is 2. The Bertz CT molecular complexity index is 313. The average Bonchev–Trinajstić information content (AvgIpc) is 2.01. The fourth-order valence-corrected chi connectivity index (χ4v) is 1.25. The lowest BCUT2D eigenvalue weighted by atomic mass is 10.0. The van der Waals surface area contributed by atoms with Gasteiger partial charge in [-0.15, -0.1) is 0 Å². The topological polar surface area (TPSA) is 17.1 Å². The molecule has 1 aromatic carbocycles. The van der Waals surface area contributed by atoms with Crippen molar-refractivity contribution in [2.45, 2.75) is 13.8 Å². The van der Waals surface area contributed by atoms with E-state index in [9.17, 15) is 9.18 Å². The Balaban J connectivity index is 3.08. The second-order valence-electron chi connectivity index (χ2n) is 3.18. The highest BCUT2D eigenvalue weighted by molar-refractivity contribution is 6.31. The van der Waals surface area contributed by atoms with Crippen LogP contribution < -0.4 is 0 Å². The zero-order valence-electron chi connectivity index (χ0n) is 7.47. The van der Waals surface area contributed by atoms with Crippen molar-refractivity contribution < 1.29 is 9.18 Å². The molecule has 0 aliphatic heterocycles. The first-order valence-electron chi connectivity index (χ1n) is 4.01. The summed E-state index contributed by atoms with van der Waals surface area (Å²) in [6.45, 7) is 3.53. The summed E-state index contributed by atoms with van der Waals surface area (Å²) in [4.78, 5) is 11.4. The van der Waals surface area contributed by atoms with Crippen LogP contribution in [0.5, 0.6) is 0 Å². The Labute approximate surface area is 81.5 Å². The summed E-state index contributed by atoms with van der Waals surface area (Å²) in [5, 5.41) is 0.254. The van der Waals surface area contributed by atoms with Gasteiger partial charge < -0.3 is 0 Å². The van der Waals surface area contributed by atoms with Crippen molar-refractivity contribution in [3.8, 4) is 0 Å². The molecule has 0 atom stereocenters. The van der Waals surface area contributed by atoms with E-state index < -0.39 is 5.82 Å². The SMILES string of the molecule is CC(C)C(=O)c1cc(F)cc(Cl)c1. The minimum atomic E-state index is -0.475. The molecule has 3 heteroatoms. The van der Waals surface area contributed by atoms with Gasteiger partial charge in [0.1, 0.15) is 5.82 Å². The third-order valence-corrected chi connectivity index (χ3v) is 1.89. The highest BCUT2D eigenvalue weighted by atomic mass is 35.5. The van der Waals surface area contributed by atoms with Gasteiger partial charge in [0.2, 0.25) is 0 Å². The van der Waals surface area contributed by atoms with Gasteiger partial charge in [0, 0.05) is 16.5 Å². The lowest BCUT2D eigenvalue weighted by molar-refractivity contribution is 0.0939. The van der Waals surface area contributed by atoms with E-state index in [-0.39, 0.29) is 16.7 Å². The number of hydrogen-bond acceptors (Lipinski definition) is 1. The van der Waals surface area contributed by atoms with Gasteiger partial charge in [-0.2, -0.15) is 0 Å². The second-order valence-corrected chi connectivity index (χ2v) is 3.61. The fourth-order valence-electron chi connectivity index (χ4n) is 1.03. The largest absolute Gasteiger partial charge is 0.294 e. The molecule has 0 bridgehead atoms. The highest BCUT2D eigenvalue weighted by Gasteiger charge is 2.11. The molecule has 1 aromatic rings. The molecule has 1 rings (SSSR count). The number of ketones is 1. The molecule has 13 heavy (non-hydrogen) atoms. The molecule has 0 saturated carbocycles. The lowest BCUT2D eigenvalue weighted by Crippen LogP contribution is -2.07. The molecule has 0 aliphatic carbocycles. The predicted octanol–water partition coefficient (Wildman–Crippen LogP) is 3.32. The monoisotopic (exact) mass is 200 g/mol. The summed E-state index contributed by atoms with van der Waals surface area (Å²) < 4.78 is 12.8. The van der Waals surface area contributed by atoms with E-state index in [1.807, 2.05) is 0 Å². The standard InChI is InChI=1S/C10H10ClFO/c1-6(2)10(13)7-3-8(11)5-9(12)4-7/h3-6H,1-2H3. The van der Waals surface area contributed by atoms with Gasteiger partial charge in [-0.1, -0.05) is 25.4 Å². The summed E-state index contributed by atoms with van der Waals surface area (Å²) in [5.41, 5.74) is 0.333. The van der Waals surface area contributed by atoms with Crippen molar-refractivity contribution in [2.75, 3.05) is 0 Å². The molecule has 0 aromatic heterocycles. The van der Waals surface area contributed by atoms with Gasteiger partial charge in [-0.3, -0.25) is 4.79 Å². The van der Waals surface area contributed by atoms with Gasteiger partial charge in [-0.05, 0) is 18.2 Å². The molecule has 0 fully saturated rings. The van der Waals surface area contributed by atoms with E-state index in [1.54, 1.807) is 13.8 Å². The maximum atomic E-state index is 12.8. The normalized spacial score (nSPS) is 10.5.